The topological polar surface area (TPSA) is 241 Å². The minimum absolute atomic E-state index is 0. The van der Waals surface area contributed by atoms with Gasteiger partial charge in [0.25, 0.3) is 0 Å². The van der Waals surface area contributed by atoms with E-state index in [1.165, 1.54) is 0 Å². The average molecular weight is 542 g/mol. The molecule has 0 aliphatic carbocycles. The Morgan fingerprint density at radius 3 is 0.444 bits per heavy atom. The van der Waals surface area contributed by atoms with Gasteiger partial charge < -0.3 is 0 Å². The van der Waals surface area contributed by atoms with Gasteiger partial charge in [0.1, 0.15) is 0 Å². The second-order valence-electron chi connectivity index (χ2n) is 1.22. The summed E-state index contributed by atoms with van der Waals surface area (Å²) in [5, 5.41) is 0. The third-order valence-corrected chi connectivity index (χ3v) is 0. The van der Waals surface area contributed by atoms with E-state index in [9.17, 15) is 0 Å². The smallest absolute Gasteiger partial charge is 2.00 e. The number of hydrogen-bond donors (Lipinski definition) is 0. The van der Waals surface area contributed by atoms with Gasteiger partial charge in [0, 0.05) is 0 Å². The molecule has 0 N–H and O–H groups in total. The average Bonchev–Trinajstić information content (AvgIpc) is 1.41. The molecule has 0 aromatic rings. The maximum Gasteiger partial charge on any atom is 2.00 e. The van der Waals surface area contributed by atoms with Gasteiger partial charge in [-0.3, -0.25) is 0 Å². The van der Waals surface area contributed by atoms with Crippen molar-refractivity contribution < 1.29 is 145 Å². The summed E-state index contributed by atoms with van der Waals surface area (Å²) in [6.45, 7) is 0. The molecule has 0 fully saturated rings. The third-order valence-electron chi connectivity index (χ3n) is 0. The summed E-state index contributed by atoms with van der Waals surface area (Å²) in [5.41, 5.74) is 0. The quantitative estimate of drug-likeness (QED) is 0.259. The standard InChI is InChI=1S/3Cr.Cu.12O.2Zn/q;;;+2;;;;;;;6*-1;2*+2. The van der Waals surface area contributed by atoms with Gasteiger partial charge in [0.05, 0.1) is 0 Å². The van der Waals surface area contributed by atoms with E-state index in [-0.39, 0.29) is 56.0 Å². The fourth-order valence-corrected chi connectivity index (χ4v) is 0. The summed E-state index contributed by atoms with van der Waals surface area (Å²) in [4.78, 5) is 0. The second kappa shape index (κ2) is 15.3. The first kappa shape index (κ1) is 36.8. The second-order valence-corrected chi connectivity index (χ2v) is 5.05. The molecule has 0 saturated heterocycles. The molecule has 0 spiro atoms. The third kappa shape index (κ3) is 1390. The Labute approximate surface area is 143 Å². The Kier molecular flexibility index (Phi) is 31.3. The Hall–Kier alpha value is 1.92. The van der Waals surface area contributed by atoms with Crippen LogP contribution in [0.5, 0.6) is 0 Å². The van der Waals surface area contributed by atoms with Crippen molar-refractivity contribution in [2.45, 2.75) is 0 Å². The predicted molar refractivity (Wildman–Crippen MR) is 4.12 cm³/mol. The van der Waals surface area contributed by atoms with Crippen LogP contribution in [-0.2, 0) is 120 Å². The van der Waals surface area contributed by atoms with Crippen LogP contribution < -0.4 is 24.9 Å². The molecule has 0 aromatic carbocycles. The van der Waals surface area contributed by atoms with Crippen LogP contribution in [0.2, 0.25) is 0 Å². The first-order chi connectivity index (χ1) is 6.00. The van der Waals surface area contributed by atoms with Crippen molar-refractivity contribution in [3.8, 4) is 0 Å². The van der Waals surface area contributed by atoms with E-state index >= 15 is 0 Å². The summed E-state index contributed by atoms with van der Waals surface area (Å²) < 4.78 is 103. The fraction of sp³-hybridized carbons (Fsp3) is 0. The van der Waals surface area contributed by atoms with Gasteiger partial charge in [-0.2, -0.15) is 0 Å². The Morgan fingerprint density at radius 2 is 0.444 bits per heavy atom. The van der Waals surface area contributed by atoms with Gasteiger partial charge in [-0.15, -0.1) is 0 Å². The van der Waals surface area contributed by atoms with E-state index in [1.807, 2.05) is 0 Å². The van der Waals surface area contributed by atoms with Crippen molar-refractivity contribution in [1.82, 2.24) is 0 Å². The van der Waals surface area contributed by atoms with E-state index in [1.54, 1.807) is 0 Å². The van der Waals surface area contributed by atoms with Crippen molar-refractivity contribution >= 4 is 0 Å². The van der Waals surface area contributed by atoms with Gasteiger partial charge in [-0.25, -0.2) is 0 Å². The zero-order valence-electron chi connectivity index (χ0n) is 7.84. The molecular formula is Cr3CuO12Zn2. The first-order valence-corrected chi connectivity index (χ1v) is 8.25. The molecule has 0 unspecified atom stereocenters. The summed E-state index contributed by atoms with van der Waals surface area (Å²) >= 11 is -17.2. The molecule has 1 radical (unpaired) electrons. The molecule has 0 aliphatic rings. The van der Waals surface area contributed by atoms with Crippen LogP contribution in [0.3, 0.4) is 0 Å². The minimum Gasteiger partial charge on any atom is 2.00 e. The molecular weight excluding hydrogens is 542 g/mol. The molecule has 0 rings (SSSR count). The van der Waals surface area contributed by atoms with Crippen LogP contribution in [0.4, 0.5) is 0 Å². The Bertz CT molecular complexity index is 346. The number of hydrogen-bond acceptors (Lipinski definition) is 12. The van der Waals surface area contributed by atoms with Gasteiger partial charge in [-0.1, -0.05) is 0 Å². The number of rotatable bonds is 0. The van der Waals surface area contributed by atoms with Crippen molar-refractivity contribution in [3.63, 3.8) is 0 Å². The maximum atomic E-state index is 8.59. The Balaban J connectivity index is -0.0000000277. The van der Waals surface area contributed by atoms with Crippen LogP contribution in [0.25, 0.3) is 0 Å². The molecule has 0 bridgehead atoms. The monoisotopic (exact) mass is 539 g/mol. The SMILES string of the molecule is [Cu+2].[O]=[Cr](=[O])([O-])[O-].[O]=[Cr](=[O])([O-])[O-].[O]=[Cr](=[O])([O-])[O-].[Zn+2].[Zn+2]. The molecule has 0 amide bonds. The summed E-state index contributed by atoms with van der Waals surface area (Å²) in [6, 6.07) is 0. The predicted octanol–water partition coefficient (Wildman–Crippen LogP) is -7.86. The van der Waals surface area contributed by atoms with Crippen LogP contribution in [0.1, 0.15) is 0 Å². The summed E-state index contributed by atoms with van der Waals surface area (Å²) in [5.74, 6) is 0. The van der Waals surface area contributed by atoms with Crippen LogP contribution in [0.15, 0.2) is 0 Å². The van der Waals surface area contributed by atoms with Crippen molar-refractivity contribution in [2.75, 3.05) is 0 Å². The van der Waals surface area contributed by atoms with E-state index < -0.39 is 40.8 Å². The minimum atomic E-state index is -5.75. The van der Waals surface area contributed by atoms with Gasteiger partial charge >= 0.3 is 145 Å². The van der Waals surface area contributed by atoms with E-state index in [0.29, 0.717) is 0 Å². The summed E-state index contributed by atoms with van der Waals surface area (Å²) in [6.07, 6.45) is 0. The van der Waals surface area contributed by atoms with Crippen LogP contribution >= 0.6 is 0 Å². The molecule has 0 aromatic heterocycles. The van der Waals surface area contributed by atoms with E-state index in [2.05, 4.69) is 0 Å². The molecule has 0 saturated carbocycles. The zero-order chi connectivity index (χ0) is 13.5. The first-order valence-electron chi connectivity index (χ1n) is 2.00. The van der Waals surface area contributed by atoms with Gasteiger partial charge in [0.15, 0.2) is 0 Å². The Morgan fingerprint density at radius 1 is 0.444 bits per heavy atom. The van der Waals surface area contributed by atoms with E-state index in [4.69, 9.17) is 47.8 Å². The molecule has 18 heavy (non-hydrogen) atoms. The van der Waals surface area contributed by atoms with Crippen LogP contribution in [0, 0.1) is 0 Å². The molecule has 18 heteroatoms. The largest absolute Gasteiger partial charge is 2.00 e. The zero-order valence-corrected chi connectivity index (χ0v) is 18.5. The van der Waals surface area contributed by atoms with Gasteiger partial charge in [0.2, 0.25) is 0 Å². The molecule has 0 heterocycles. The normalized spacial score (nSPS) is 9.67. The van der Waals surface area contributed by atoms with E-state index in [0.717, 1.165) is 0 Å². The van der Waals surface area contributed by atoms with Crippen molar-refractivity contribution in [2.24, 2.45) is 0 Å². The molecule has 12 nitrogen and oxygen atoms in total. The van der Waals surface area contributed by atoms with Crippen LogP contribution in [-0.4, -0.2) is 0 Å². The maximum absolute atomic E-state index is 8.59. The van der Waals surface area contributed by atoms with Crippen molar-refractivity contribution in [1.29, 1.82) is 0 Å². The van der Waals surface area contributed by atoms with Gasteiger partial charge in [-0.05, 0) is 0 Å². The molecule has 0 atom stereocenters. The van der Waals surface area contributed by atoms with Crippen molar-refractivity contribution in [3.05, 3.63) is 0 Å². The molecule has 0 aliphatic heterocycles. The molecule has 105 valence electrons. The fourth-order valence-electron chi connectivity index (χ4n) is 0. The summed E-state index contributed by atoms with van der Waals surface area (Å²) in [7, 11) is 0.